The summed E-state index contributed by atoms with van der Waals surface area (Å²) in [5.74, 6) is 1.87. The summed E-state index contributed by atoms with van der Waals surface area (Å²) in [5, 5.41) is 3.28. The highest BCUT2D eigenvalue weighted by Gasteiger charge is 2.03. The van der Waals surface area contributed by atoms with Gasteiger partial charge in [-0.2, -0.15) is 0 Å². The molecule has 0 radical (unpaired) electrons. The predicted octanol–water partition coefficient (Wildman–Crippen LogP) is 4.12. The topological polar surface area (TPSA) is 37.8 Å². The zero-order valence-corrected chi connectivity index (χ0v) is 12.0. The lowest BCUT2D eigenvalue weighted by Crippen LogP contribution is -1.99. The van der Waals surface area contributed by atoms with Crippen molar-refractivity contribution in [2.45, 2.75) is 26.2 Å². The van der Waals surface area contributed by atoms with Crippen LogP contribution in [0, 0.1) is 0 Å². The number of benzene rings is 1. The largest absolute Gasteiger partial charge is 0.340 e. The molecular formula is C15H18ClN3. The van der Waals surface area contributed by atoms with Crippen molar-refractivity contribution in [1.29, 1.82) is 0 Å². The van der Waals surface area contributed by atoms with Crippen LogP contribution < -0.4 is 5.32 Å². The molecule has 0 saturated carbocycles. The number of hydrogen-bond donors (Lipinski definition) is 1. The molecule has 1 aromatic heterocycles. The molecule has 0 aliphatic carbocycles. The predicted molar refractivity (Wildman–Crippen MR) is 80.3 cm³/mol. The molecule has 1 N–H and O–H groups in total. The molecule has 0 saturated heterocycles. The minimum Gasteiger partial charge on any atom is -0.340 e. The van der Waals surface area contributed by atoms with Crippen LogP contribution in [-0.4, -0.2) is 15.8 Å². The van der Waals surface area contributed by atoms with Crippen LogP contribution in [0.15, 0.2) is 36.7 Å². The quantitative estimate of drug-likeness (QED) is 0.834. The van der Waals surface area contributed by atoms with E-state index in [0.29, 0.717) is 11.8 Å². The van der Waals surface area contributed by atoms with Gasteiger partial charge in [0.2, 0.25) is 0 Å². The van der Waals surface area contributed by atoms with Gasteiger partial charge in [-0.25, -0.2) is 9.97 Å². The molecule has 0 amide bonds. The molecule has 0 aliphatic heterocycles. The molecule has 1 heterocycles. The Balaban J connectivity index is 2.10. The summed E-state index contributed by atoms with van der Waals surface area (Å²) in [6, 6.07) is 10.2. The highest BCUT2D eigenvalue weighted by molar-refractivity contribution is 6.17. The Morgan fingerprint density at radius 2 is 1.89 bits per heavy atom. The van der Waals surface area contributed by atoms with Crippen LogP contribution in [0.25, 0.3) is 0 Å². The summed E-state index contributed by atoms with van der Waals surface area (Å²) in [6.45, 7) is 4.24. The fourth-order valence-corrected chi connectivity index (χ4v) is 1.99. The number of anilines is 2. The molecule has 0 spiro atoms. The standard InChI is InChI=1S/C15H18ClN3/c1-11(2)14-9-15(18-10-17-14)19-13-5-3-12(4-6-13)7-8-16/h3-6,9-11H,7-8H2,1-2H3,(H,17,18,19). The monoisotopic (exact) mass is 275 g/mol. The lowest BCUT2D eigenvalue weighted by Gasteiger charge is -2.09. The van der Waals surface area contributed by atoms with Gasteiger partial charge in [-0.15, -0.1) is 11.6 Å². The molecule has 2 aromatic rings. The van der Waals surface area contributed by atoms with Crippen LogP contribution in [0.5, 0.6) is 0 Å². The average molecular weight is 276 g/mol. The number of halogens is 1. The lowest BCUT2D eigenvalue weighted by atomic mass is 10.1. The summed E-state index contributed by atoms with van der Waals surface area (Å²) in [4.78, 5) is 8.49. The highest BCUT2D eigenvalue weighted by atomic mass is 35.5. The SMILES string of the molecule is CC(C)c1cc(Nc2ccc(CCCl)cc2)ncn1. The van der Waals surface area contributed by atoms with Crippen molar-refractivity contribution in [3.8, 4) is 0 Å². The van der Waals surface area contributed by atoms with Gasteiger partial charge in [-0.1, -0.05) is 26.0 Å². The van der Waals surface area contributed by atoms with E-state index in [4.69, 9.17) is 11.6 Å². The van der Waals surface area contributed by atoms with Crippen LogP contribution in [0.3, 0.4) is 0 Å². The van der Waals surface area contributed by atoms with Crippen molar-refractivity contribution in [3.63, 3.8) is 0 Å². The Morgan fingerprint density at radius 3 is 2.53 bits per heavy atom. The molecular weight excluding hydrogens is 258 g/mol. The summed E-state index contributed by atoms with van der Waals surface area (Å²) in [7, 11) is 0. The molecule has 2 rings (SSSR count). The number of hydrogen-bond acceptors (Lipinski definition) is 3. The van der Waals surface area contributed by atoms with Gasteiger partial charge in [0.1, 0.15) is 12.1 Å². The van der Waals surface area contributed by atoms with Crippen molar-refractivity contribution in [2.75, 3.05) is 11.2 Å². The number of aromatic nitrogens is 2. The molecule has 0 bridgehead atoms. The maximum atomic E-state index is 5.72. The van der Waals surface area contributed by atoms with E-state index in [9.17, 15) is 0 Å². The van der Waals surface area contributed by atoms with E-state index in [-0.39, 0.29) is 0 Å². The van der Waals surface area contributed by atoms with Crippen molar-refractivity contribution >= 4 is 23.1 Å². The van der Waals surface area contributed by atoms with E-state index in [0.717, 1.165) is 23.6 Å². The smallest absolute Gasteiger partial charge is 0.133 e. The minimum atomic E-state index is 0.398. The molecule has 3 nitrogen and oxygen atoms in total. The Bertz CT molecular complexity index is 523. The summed E-state index contributed by atoms with van der Waals surface area (Å²) in [5.41, 5.74) is 3.30. The first-order chi connectivity index (χ1) is 9.19. The first-order valence-electron chi connectivity index (χ1n) is 6.43. The van der Waals surface area contributed by atoms with Gasteiger partial charge in [0.05, 0.1) is 0 Å². The van der Waals surface area contributed by atoms with Gasteiger partial charge in [0.15, 0.2) is 0 Å². The van der Waals surface area contributed by atoms with Gasteiger partial charge in [0, 0.05) is 23.3 Å². The fourth-order valence-electron chi connectivity index (χ4n) is 1.77. The molecule has 4 heteroatoms. The number of aryl methyl sites for hydroxylation is 1. The first kappa shape index (κ1) is 13.8. The molecule has 0 aliphatic rings. The maximum Gasteiger partial charge on any atom is 0.133 e. The van der Waals surface area contributed by atoms with Crippen molar-refractivity contribution < 1.29 is 0 Å². The lowest BCUT2D eigenvalue weighted by molar-refractivity contribution is 0.815. The second-order valence-electron chi connectivity index (χ2n) is 4.74. The van der Waals surface area contributed by atoms with E-state index < -0.39 is 0 Å². The van der Waals surface area contributed by atoms with Gasteiger partial charge in [-0.05, 0) is 30.0 Å². The van der Waals surface area contributed by atoms with E-state index in [1.165, 1.54) is 5.56 Å². The van der Waals surface area contributed by atoms with Gasteiger partial charge < -0.3 is 5.32 Å². The summed E-state index contributed by atoms with van der Waals surface area (Å²) < 4.78 is 0. The van der Waals surface area contributed by atoms with E-state index in [1.807, 2.05) is 18.2 Å². The van der Waals surface area contributed by atoms with Crippen LogP contribution in [0.4, 0.5) is 11.5 Å². The van der Waals surface area contributed by atoms with E-state index in [2.05, 4.69) is 41.3 Å². The van der Waals surface area contributed by atoms with Crippen LogP contribution in [0.1, 0.15) is 31.0 Å². The number of nitrogens with one attached hydrogen (secondary N) is 1. The van der Waals surface area contributed by atoms with Gasteiger partial charge >= 0.3 is 0 Å². The molecule has 0 unspecified atom stereocenters. The van der Waals surface area contributed by atoms with Gasteiger partial charge in [-0.3, -0.25) is 0 Å². The number of nitrogens with zero attached hydrogens (tertiary/aromatic N) is 2. The molecule has 0 atom stereocenters. The van der Waals surface area contributed by atoms with Crippen LogP contribution in [-0.2, 0) is 6.42 Å². The Labute approximate surface area is 119 Å². The van der Waals surface area contributed by atoms with Crippen LogP contribution >= 0.6 is 11.6 Å². The third kappa shape index (κ3) is 3.93. The Hall–Kier alpha value is -1.61. The molecule has 1 aromatic carbocycles. The number of alkyl halides is 1. The zero-order chi connectivity index (χ0) is 13.7. The Kier molecular flexibility index (Phi) is 4.74. The van der Waals surface area contributed by atoms with Crippen molar-refractivity contribution in [2.24, 2.45) is 0 Å². The molecule has 100 valence electrons. The summed E-state index contributed by atoms with van der Waals surface area (Å²) >= 11 is 5.72. The fraction of sp³-hybridized carbons (Fsp3) is 0.333. The zero-order valence-electron chi connectivity index (χ0n) is 11.2. The third-order valence-electron chi connectivity index (χ3n) is 2.89. The molecule has 19 heavy (non-hydrogen) atoms. The number of rotatable bonds is 5. The molecule has 0 fully saturated rings. The Morgan fingerprint density at radius 1 is 1.16 bits per heavy atom. The average Bonchev–Trinajstić information content (AvgIpc) is 2.42. The van der Waals surface area contributed by atoms with Crippen LogP contribution in [0.2, 0.25) is 0 Å². The normalized spacial score (nSPS) is 10.7. The first-order valence-corrected chi connectivity index (χ1v) is 6.96. The maximum absolute atomic E-state index is 5.72. The highest BCUT2D eigenvalue weighted by Crippen LogP contribution is 2.18. The van der Waals surface area contributed by atoms with E-state index >= 15 is 0 Å². The second-order valence-corrected chi connectivity index (χ2v) is 5.12. The van der Waals surface area contributed by atoms with Crippen molar-refractivity contribution in [3.05, 3.63) is 47.9 Å². The van der Waals surface area contributed by atoms with E-state index in [1.54, 1.807) is 6.33 Å². The summed E-state index contributed by atoms with van der Waals surface area (Å²) in [6.07, 6.45) is 2.49. The second kappa shape index (κ2) is 6.53. The third-order valence-corrected chi connectivity index (χ3v) is 3.08. The minimum absolute atomic E-state index is 0.398. The van der Waals surface area contributed by atoms with Gasteiger partial charge in [0.25, 0.3) is 0 Å². The van der Waals surface area contributed by atoms with Crippen molar-refractivity contribution in [1.82, 2.24) is 9.97 Å².